The quantitative estimate of drug-likeness (QED) is 0.227. The molecule has 0 spiro atoms. The van der Waals surface area contributed by atoms with Crippen LogP contribution in [-0.2, 0) is 0 Å². The molecule has 3 aromatic heterocycles. The average Bonchev–Trinajstić information content (AvgIpc) is 3.29. The summed E-state index contributed by atoms with van der Waals surface area (Å²) < 4.78 is 13.5. The molecular weight excluding hydrogens is 497 g/mol. The molecule has 8 heteroatoms. The van der Waals surface area contributed by atoms with Crippen molar-refractivity contribution in [3.63, 3.8) is 0 Å². The minimum atomic E-state index is -0.414. The number of nitrogens with zero attached hydrogens (tertiary/aromatic N) is 3. The zero-order valence-electron chi connectivity index (χ0n) is 18.9. The van der Waals surface area contributed by atoms with E-state index in [1.54, 1.807) is 12.3 Å². The molecule has 3 heterocycles. The first kappa shape index (κ1) is 22.3. The molecule has 0 saturated carbocycles. The molecule has 0 atom stereocenters. The van der Waals surface area contributed by atoms with Gasteiger partial charge in [0.05, 0.1) is 17.6 Å². The topological polar surface area (TPSA) is 69.6 Å². The predicted molar refractivity (Wildman–Crippen MR) is 141 cm³/mol. The summed E-state index contributed by atoms with van der Waals surface area (Å²) in [6.07, 6.45) is 3.67. The number of halogens is 2. The fourth-order valence-electron chi connectivity index (χ4n) is 4.10. The van der Waals surface area contributed by atoms with E-state index >= 15 is 0 Å². The normalized spacial score (nSPS) is 11.3. The van der Waals surface area contributed by atoms with E-state index < -0.39 is 5.63 Å². The molecular formula is C28H17Cl2N3O3. The maximum atomic E-state index is 11.9. The second-order valence-electron chi connectivity index (χ2n) is 8.29. The SMILES string of the molecule is Cc1cc(=O)oc2cc(Oc3nc(-c4ccc(Cl)cc4)cn4c(-c5ccc(Cl)cc5)cnc34)ccc12. The van der Waals surface area contributed by atoms with E-state index in [9.17, 15) is 4.79 Å². The molecule has 0 saturated heterocycles. The van der Waals surface area contributed by atoms with Crippen molar-refractivity contribution in [2.45, 2.75) is 6.92 Å². The van der Waals surface area contributed by atoms with E-state index in [1.165, 1.54) is 6.07 Å². The third kappa shape index (κ3) is 4.11. The number of ether oxygens (including phenoxy) is 1. The van der Waals surface area contributed by atoms with Crippen molar-refractivity contribution in [2.24, 2.45) is 0 Å². The van der Waals surface area contributed by atoms with Crippen molar-refractivity contribution in [3.8, 4) is 34.1 Å². The summed E-state index contributed by atoms with van der Waals surface area (Å²) in [7, 11) is 0. The Balaban J connectivity index is 1.52. The summed E-state index contributed by atoms with van der Waals surface area (Å²) in [4.78, 5) is 21.3. The van der Waals surface area contributed by atoms with Crippen molar-refractivity contribution in [3.05, 3.63) is 111 Å². The van der Waals surface area contributed by atoms with Crippen LogP contribution in [-0.4, -0.2) is 14.4 Å². The Kier molecular flexibility index (Phi) is 5.48. The van der Waals surface area contributed by atoms with Crippen LogP contribution in [0.3, 0.4) is 0 Å². The first-order chi connectivity index (χ1) is 17.4. The maximum absolute atomic E-state index is 11.9. The van der Waals surface area contributed by atoms with E-state index in [-0.39, 0.29) is 0 Å². The molecule has 176 valence electrons. The molecule has 0 aliphatic heterocycles. The van der Waals surface area contributed by atoms with Crippen molar-refractivity contribution in [2.75, 3.05) is 0 Å². The van der Waals surface area contributed by atoms with Gasteiger partial charge in [0.1, 0.15) is 11.3 Å². The first-order valence-corrected chi connectivity index (χ1v) is 11.8. The lowest BCUT2D eigenvalue weighted by molar-refractivity contribution is 0.464. The molecule has 0 N–H and O–H groups in total. The van der Waals surface area contributed by atoms with Gasteiger partial charge in [0.15, 0.2) is 0 Å². The van der Waals surface area contributed by atoms with Crippen LogP contribution >= 0.6 is 23.2 Å². The van der Waals surface area contributed by atoms with E-state index in [0.29, 0.717) is 38.6 Å². The summed E-state index contributed by atoms with van der Waals surface area (Å²) in [5.41, 5.74) is 4.71. The summed E-state index contributed by atoms with van der Waals surface area (Å²) in [5, 5.41) is 2.12. The molecule has 0 bridgehead atoms. The van der Waals surface area contributed by atoms with Crippen LogP contribution in [0.15, 0.2) is 94.4 Å². The third-order valence-corrected chi connectivity index (χ3v) is 6.38. The minimum absolute atomic E-state index is 0.303. The molecule has 0 fully saturated rings. The van der Waals surface area contributed by atoms with Gasteiger partial charge < -0.3 is 9.15 Å². The molecule has 36 heavy (non-hydrogen) atoms. The lowest BCUT2D eigenvalue weighted by Crippen LogP contribution is -2.00. The van der Waals surface area contributed by atoms with Crippen LogP contribution in [0.25, 0.3) is 39.1 Å². The average molecular weight is 514 g/mol. The van der Waals surface area contributed by atoms with Gasteiger partial charge in [0, 0.05) is 44.9 Å². The van der Waals surface area contributed by atoms with Crippen LogP contribution in [0.1, 0.15) is 5.56 Å². The molecule has 6 rings (SSSR count). The molecule has 0 radical (unpaired) electrons. The highest BCUT2D eigenvalue weighted by atomic mass is 35.5. The first-order valence-electron chi connectivity index (χ1n) is 11.1. The summed E-state index contributed by atoms with van der Waals surface area (Å²) in [6.45, 7) is 1.86. The van der Waals surface area contributed by atoms with Crippen LogP contribution in [0.2, 0.25) is 10.0 Å². The number of imidazole rings is 1. The maximum Gasteiger partial charge on any atom is 0.336 e. The third-order valence-electron chi connectivity index (χ3n) is 5.88. The smallest absolute Gasteiger partial charge is 0.336 e. The number of rotatable bonds is 4. The Morgan fingerprint density at radius 3 is 2.31 bits per heavy atom. The second-order valence-corrected chi connectivity index (χ2v) is 9.16. The number of hydrogen-bond acceptors (Lipinski definition) is 5. The number of hydrogen-bond donors (Lipinski definition) is 0. The Hall–Kier alpha value is -4.13. The highest BCUT2D eigenvalue weighted by Crippen LogP contribution is 2.33. The van der Waals surface area contributed by atoms with E-state index in [1.807, 2.05) is 78.2 Å². The van der Waals surface area contributed by atoms with Crippen LogP contribution < -0.4 is 10.4 Å². The van der Waals surface area contributed by atoms with Gasteiger partial charge in [-0.15, -0.1) is 0 Å². The van der Waals surface area contributed by atoms with Crippen molar-refractivity contribution < 1.29 is 9.15 Å². The van der Waals surface area contributed by atoms with Gasteiger partial charge in [0.2, 0.25) is 5.65 Å². The van der Waals surface area contributed by atoms with Gasteiger partial charge >= 0.3 is 5.63 Å². The Morgan fingerprint density at radius 1 is 0.889 bits per heavy atom. The highest BCUT2D eigenvalue weighted by Gasteiger charge is 2.16. The number of aryl methyl sites for hydroxylation is 1. The molecule has 6 aromatic rings. The highest BCUT2D eigenvalue weighted by molar-refractivity contribution is 6.30. The molecule has 0 aliphatic rings. The molecule has 0 unspecified atom stereocenters. The van der Waals surface area contributed by atoms with Gasteiger partial charge in [-0.05, 0) is 48.9 Å². The molecule has 6 nitrogen and oxygen atoms in total. The van der Waals surface area contributed by atoms with Crippen molar-refractivity contribution in [1.29, 1.82) is 0 Å². The summed E-state index contributed by atoms with van der Waals surface area (Å²) in [5.74, 6) is 0.770. The molecule has 3 aromatic carbocycles. The van der Waals surface area contributed by atoms with Crippen LogP contribution in [0, 0.1) is 6.92 Å². The standard InChI is InChI=1S/C28H17Cl2N3O3/c1-16-12-26(34)36-25-13-21(10-11-22(16)25)35-28-27-31-14-24(18-4-8-20(30)9-5-18)33(27)15-23(32-28)17-2-6-19(29)7-3-17/h2-15H,1H3. The number of benzene rings is 3. The predicted octanol–water partition coefficient (Wildman–Crippen LogP) is 7.58. The van der Waals surface area contributed by atoms with Crippen LogP contribution in [0.5, 0.6) is 11.6 Å². The largest absolute Gasteiger partial charge is 0.436 e. The van der Waals surface area contributed by atoms with Gasteiger partial charge in [0.25, 0.3) is 5.88 Å². The van der Waals surface area contributed by atoms with Gasteiger partial charge in [-0.1, -0.05) is 47.5 Å². The fraction of sp³-hybridized carbons (Fsp3) is 0.0357. The lowest BCUT2D eigenvalue weighted by Gasteiger charge is -2.11. The Morgan fingerprint density at radius 2 is 1.58 bits per heavy atom. The fourth-order valence-corrected chi connectivity index (χ4v) is 4.36. The monoisotopic (exact) mass is 513 g/mol. The summed E-state index contributed by atoms with van der Waals surface area (Å²) in [6, 6.07) is 21.8. The van der Waals surface area contributed by atoms with Crippen molar-refractivity contribution in [1.82, 2.24) is 14.4 Å². The van der Waals surface area contributed by atoms with Crippen molar-refractivity contribution >= 4 is 39.8 Å². The van der Waals surface area contributed by atoms with E-state index in [0.717, 1.165) is 27.8 Å². The second kappa shape index (κ2) is 8.82. The zero-order chi connectivity index (χ0) is 24.8. The molecule has 0 amide bonds. The van der Waals surface area contributed by atoms with Gasteiger partial charge in [-0.3, -0.25) is 4.40 Å². The zero-order valence-corrected chi connectivity index (χ0v) is 20.4. The van der Waals surface area contributed by atoms with E-state index in [2.05, 4.69) is 4.98 Å². The number of fused-ring (bicyclic) bond motifs is 2. The van der Waals surface area contributed by atoms with E-state index in [4.69, 9.17) is 37.3 Å². The van der Waals surface area contributed by atoms with Crippen LogP contribution in [0.4, 0.5) is 0 Å². The molecule has 0 aliphatic carbocycles. The van der Waals surface area contributed by atoms with Gasteiger partial charge in [-0.25, -0.2) is 14.8 Å². The summed E-state index contributed by atoms with van der Waals surface area (Å²) >= 11 is 12.2. The Bertz CT molecular complexity index is 1810. The van der Waals surface area contributed by atoms with Gasteiger partial charge in [-0.2, -0.15) is 0 Å². The lowest BCUT2D eigenvalue weighted by atomic mass is 10.1. The Labute approximate surface area is 215 Å². The minimum Gasteiger partial charge on any atom is -0.436 e. The number of aromatic nitrogens is 3.